The first-order valence-corrected chi connectivity index (χ1v) is 27.6. The van der Waals surface area contributed by atoms with Gasteiger partial charge in [-0.15, -0.1) is 0 Å². The molecule has 0 saturated heterocycles. The van der Waals surface area contributed by atoms with Crippen LogP contribution in [0.1, 0.15) is 67.2 Å². The van der Waals surface area contributed by atoms with Crippen molar-refractivity contribution in [2.75, 3.05) is 0 Å². The third kappa shape index (κ3) is 4.76. The molecule has 159 valence electrons. The average molecular weight is 520 g/mol. The van der Waals surface area contributed by atoms with Crippen LogP contribution in [0.4, 0.5) is 0 Å². The number of halogens is 2. The van der Waals surface area contributed by atoms with Crippen molar-refractivity contribution in [3.05, 3.63) is 46.6 Å². The molecule has 0 amide bonds. The Morgan fingerprint density at radius 2 is 1.18 bits per heavy atom. The first-order chi connectivity index (χ1) is 12.9. The Hall–Kier alpha value is 0.640. The molecular formula is C24H41Cl2SiZr. The molecule has 0 aromatic carbocycles. The van der Waals surface area contributed by atoms with Crippen LogP contribution in [0.2, 0.25) is 20.3 Å². The van der Waals surface area contributed by atoms with E-state index in [2.05, 4.69) is 78.9 Å². The number of rotatable bonds is 9. The van der Waals surface area contributed by atoms with Crippen LogP contribution >= 0.6 is 17.0 Å². The van der Waals surface area contributed by atoms with E-state index in [1.165, 1.54) is 22.3 Å². The molecule has 0 aliphatic heterocycles. The van der Waals surface area contributed by atoms with Crippen LogP contribution in [-0.4, -0.2) is 5.92 Å². The zero-order valence-corrected chi connectivity index (χ0v) is 24.4. The third-order valence-corrected chi connectivity index (χ3v) is 59.0. The van der Waals surface area contributed by atoms with Crippen molar-refractivity contribution in [2.45, 2.75) is 87.6 Å². The SMILES string of the molecule is CCC1=CC(CC(C)C)=C[CH]1[Zr]([Cl])([Cl])([CH]1C=C(CC(C)C)C=C1CC)[SiH](C)C. The fourth-order valence-corrected chi connectivity index (χ4v) is 34.1. The van der Waals surface area contributed by atoms with Gasteiger partial charge in [-0.3, -0.25) is 0 Å². The van der Waals surface area contributed by atoms with E-state index in [0.29, 0.717) is 19.1 Å². The predicted octanol–water partition coefficient (Wildman–Crippen LogP) is 9.19. The number of hydrogen-bond donors (Lipinski definition) is 0. The Balaban J connectivity index is 2.57. The molecule has 0 aromatic heterocycles. The zero-order chi connectivity index (χ0) is 21.3. The average Bonchev–Trinajstić information content (AvgIpc) is 3.18. The second-order valence-corrected chi connectivity index (χ2v) is 52.9. The molecule has 2 aliphatic carbocycles. The van der Waals surface area contributed by atoms with Crippen LogP contribution in [0.3, 0.4) is 0 Å². The van der Waals surface area contributed by atoms with Gasteiger partial charge in [-0.2, -0.15) is 0 Å². The van der Waals surface area contributed by atoms with E-state index in [1.54, 1.807) is 0 Å². The van der Waals surface area contributed by atoms with Gasteiger partial charge in [0.25, 0.3) is 0 Å². The first kappa shape index (κ1) is 24.9. The summed E-state index contributed by atoms with van der Waals surface area (Å²) in [5.41, 5.74) is 5.96. The summed E-state index contributed by atoms with van der Waals surface area (Å²) in [4.78, 5) is 0. The Kier molecular flexibility index (Phi) is 8.38. The molecule has 0 heterocycles. The van der Waals surface area contributed by atoms with Gasteiger partial charge < -0.3 is 0 Å². The van der Waals surface area contributed by atoms with E-state index in [-0.39, 0.29) is 0 Å². The monoisotopic (exact) mass is 517 g/mol. The van der Waals surface area contributed by atoms with Crippen LogP contribution in [0, 0.1) is 11.8 Å². The standard InChI is InChI=1S/2C11H17.C2H7Si.2ClH.Zr/c2*1-4-10-5-6-11(8-10)7-9(2)3;1-3-2;;;/h2*5-6,8-9H,4,7H2,1-3H3;3H,1-2H3;2*1H;/q;;;;;+2/p-2. The fourth-order valence-electron chi connectivity index (χ4n) is 5.17. The molecule has 0 N–H and O–H groups in total. The molecule has 0 aromatic rings. The Morgan fingerprint density at radius 3 is 1.43 bits per heavy atom. The molecular weight excluding hydrogens is 478 g/mol. The van der Waals surface area contributed by atoms with Crippen molar-refractivity contribution in [1.29, 1.82) is 0 Å². The van der Waals surface area contributed by atoms with E-state index >= 15 is 0 Å². The summed E-state index contributed by atoms with van der Waals surface area (Å²) in [6.07, 6.45) is 14.3. The molecule has 0 saturated carbocycles. The van der Waals surface area contributed by atoms with Crippen molar-refractivity contribution in [2.24, 2.45) is 11.8 Å². The second kappa shape index (κ2) is 9.42. The van der Waals surface area contributed by atoms with Crippen LogP contribution in [-0.2, 0) is 15.6 Å². The summed E-state index contributed by atoms with van der Waals surface area (Å²) in [7, 11) is 15.9. The molecule has 28 heavy (non-hydrogen) atoms. The Labute approximate surface area is 183 Å². The molecule has 2 unspecified atom stereocenters. The minimum atomic E-state index is -4.16. The van der Waals surface area contributed by atoms with E-state index < -0.39 is 21.5 Å². The number of hydrogen-bond acceptors (Lipinski definition) is 0. The van der Waals surface area contributed by atoms with Gasteiger partial charge in [0, 0.05) is 0 Å². The summed E-state index contributed by atoms with van der Waals surface area (Å²) in [5, 5.41) is 0. The topological polar surface area (TPSA) is 0 Å². The van der Waals surface area contributed by atoms with E-state index in [9.17, 15) is 0 Å². The number of allylic oxidation sites excluding steroid dienone is 8. The van der Waals surface area contributed by atoms with E-state index in [1.807, 2.05) is 0 Å². The molecule has 2 rings (SSSR count). The zero-order valence-electron chi connectivity index (χ0n) is 19.3. The molecule has 0 nitrogen and oxygen atoms in total. The van der Waals surface area contributed by atoms with Gasteiger partial charge in [0.15, 0.2) is 0 Å². The van der Waals surface area contributed by atoms with Gasteiger partial charge in [-0.25, -0.2) is 0 Å². The Bertz CT molecular complexity index is 656. The molecule has 0 bridgehead atoms. The maximum absolute atomic E-state index is 7.96. The van der Waals surface area contributed by atoms with Gasteiger partial charge in [0.2, 0.25) is 0 Å². The van der Waals surface area contributed by atoms with E-state index in [4.69, 9.17) is 17.0 Å². The van der Waals surface area contributed by atoms with Crippen molar-refractivity contribution in [3.63, 3.8) is 0 Å². The Morgan fingerprint density at radius 1 is 0.821 bits per heavy atom. The van der Waals surface area contributed by atoms with Gasteiger partial charge in [-0.1, -0.05) is 0 Å². The van der Waals surface area contributed by atoms with Crippen molar-refractivity contribution < 1.29 is 15.6 Å². The van der Waals surface area contributed by atoms with Gasteiger partial charge in [0.05, 0.1) is 0 Å². The van der Waals surface area contributed by atoms with Crippen LogP contribution in [0.5, 0.6) is 0 Å². The summed E-state index contributed by atoms with van der Waals surface area (Å²) in [6.45, 7) is 18.6. The summed E-state index contributed by atoms with van der Waals surface area (Å²) in [6, 6.07) is 0. The van der Waals surface area contributed by atoms with Gasteiger partial charge >= 0.3 is 185 Å². The predicted molar refractivity (Wildman–Crippen MR) is 130 cm³/mol. The quantitative estimate of drug-likeness (QED) is 0.266. The fraction of sp³-hybridized carbons (Fsp3) is 0.667. The van der Waals surface area contributed by atoms with Crippen LogP contribution in [0.25, 0.3) is 0 Å². The summed E-state index contributed by atoms with van der Waals surface area (Å²) in [5.74, 6) is 0.0449. The maximum atomic E-state index is 7.96. The van der Waals surface area contributed by atoms with Crippen LogP contribution < -0.4 is 0 Å². The molecule has 2 atom stereocenters. The van der Waals surface area contributed by atoms with Crippen molar-refractivity contribution >= 4 is 22.9 Å². The van der Waals surface area contributed by atoms with Crippen LogP contribution in [0.15, 0.2) is 46.6 Å². The van der Waals surface area contributed by atoms with Gasteiger partial charge in [-0.05, 0) is 0 Å². The third-order valence-electron chi connectivity index (χ3n) is 6.70. The summed E-state index contributed by atoms with van der Waals surface area (Å²) < 4.78 is 0.648. The van der Waals surface area contributed by atoms with E-state index in [0.717, 1.165) is 25.7 Å². The van der Waals surface area contributed by atoms with Crippen molar-refractivity contribution in [3.8, 4) is 0 Å². The molecule has 0 spiro atoms. The normalized spacial score (nSPS) is 24.4. The molecule has 2 aliphatic rings. The second-order valence-electron chi connectivity index (χ2n) is 10.2. The van der Waals surface area contributed by atoms with Gasteiger partial charge in [0.1, 0.15) is 0 Å². The molecule has 4 heteroatoms. The molecule has 0 fully saturated rings. The van der Waals surface area contributed by atoms with Crippen molar-refractivity contribution in [1.82, 2.24) is 0 Å². The summed E-state index contributed by atoms with van der Waals surface area (Å²) >= 11 is -4.16. The minimum absolute atomic E-state index is 0.324. The molecule has 0 radical (unpaired) electrons. The first-order valence-electron chi connectivity index (χ1n) is 11.3.